The number of carbonyl (C=O) groups is 1. The van der Waals surface area contributed by atoms with Crippen LogP contribution in [0.3, 0.4) is 0 Å². The number of anilines is 2. The van der Waals surface area contributed by atoms with Gasteiger partial charge in [0, 0.05) is 48.1 Å². The zero-order valence-electron chi connectivity index (χ0n) is 13.3. The Morgan fingerprint density at radius 3 is 2.50 bits per heavy atom. The molecule has 24 heavy (non-hydrogen) atoms. The Balaban J connectivity index is 0.000000185. The van der Waals surface area contributed by atoms with E-state index >= 15 is 0 Å². The van der Waals surface area contributed by atoms with Crippen molar-refractivity contribution in [1.29, 1.82) is 0 Å². The molecule has 7 heteroatoms. The van der Waals surface area contributed by atoms with Crippen LogP contribution in [-0.2, 0) is 0 Å². The van der Waals surface area contributed by atoms with Gasteiger partial charge in [-0.05, 0) is 28.1 Å². The standard InChI is InChI=1S/C11H13N3.C6H4BrNO2/c1-14(2)11-7-9(12)8-5-3-4-6-10(8)13-11;7-5-1-4(6(9)10)2-8-3-5/h3-7H,1-2H3,(H2,12,13);1-3H,(H,9,10). The molecule has 0 unspecified atom stereocenters. The number of rotatable bonds is 2. The molecule has 0 radical (unpaired) electrons. The van der Waals surface area contributed by atoms with E-state index in [-0.39, 0.29) is 5.56 Å². The van der Waals surface area contributed by atoms with Gasteiger partial charge in [-0.2, -0.15) is 0 Å². The highest BCUT2D eigenvalue weighted by atomic mass is 79.9. The number of hydrogen-bond acceptors (Lipinski definition) is 5. The quantitative estimate of drug-likeness (QED) is 0.698. The normalized spacial score (nSPS) is 9.96. The van der Waals surface area contributed by atoms with Crippen molar-refractivity contribution in [2.75, 3.05) is 24.7 Å². The Bertz CT molecular complexity index is 868. The molecule has 3 rings (SSSR count). The third-order valence-corrected chi connectivity index (χ3v) is 3.58. The minimum atomic E-state index is -0.964. The number of carboxylic acids is 1. The summed E-state index contributed by atoms with van der Waals surface area (Å²) in [4.78, 5) is 20.4. The molecule has 6 nitrogen and oxygen atoms in total. The average molecular weight is 389 g/mol. The first-order chi connectivity index (χ1) is 11.4. The van der Waals surface area contributed by atoms with Crippen LogP contribution in [0.4, 0.5) is 11.5 Å². The molecule has 0 aliphatic rings. The predicted octanol–water partition coefficient (Wildman–Crippen LogP) is 3.43. The second kappa shape index (κ2) is 7.74. The highest BCUT2D eigenvalue weighted by molar-refractivity contribution is 9.10. The first-order valence-corrected chi connectivity index (χ1v) is 7.84. The fourth-order valence-electron chi connectivity index (χ4n) is 1.95. The third kappa shape index (κ3) is 4.42. The lowest BCUT2D eigenvalue weighted by atomic mass is 10.2. The van der Waals surface area contributed by atoms with Gasteiger partial charge in [0.1, 0.15) is 5.82 Å². The fourth-order valence-corrected chi connectivity index (χ4v) is 2.31. The van der Waals surface area contributed by atoms with Crippen LogP contribution in [0.15, 0.2) is 53.3 Å². The molecule has 0 spiro atoms. The molecule has 124 valence electrons. The summed E-state index contributed by atoms with van der Waals surface area (Å²) in [5.74, 6) is -0.0741. The number of hydrogen-bond donors (Lipinski definition) is 2. The lowest BCUT2D eigenvalue weighted by Gasteiger charge is -2.13. The lowest BCUT2D eigenvalue weighted by Crippen LogP contribution is -2.11. The molecule has 0 saturated heterocycles. The summed E-state index contributed by atoms with van der Waals surface area (Å²) < 4.78 is 0.674. The Kier molecular flexibility index (Phi) is 5.70. The molecule has 0 aliphatic heterocycles. The van der Waals surface area contributed by atoms with Gasteiger partial charge in [0.05, 0.1) is 11.1 Å². The van der Waals surface area contributed by atoms with E-state index in [1.165, 1.54) is 18.5 Å². The summed E-state index contributed by atoms with van der Waals surface area (Å²) in [5, 5.41) is 9.46. The van der Waals surface area contributed by atoms with E-state index in [0.29, 0.717) is 4.47 Å². The van der Waals surface area contributed by atoms with E-state index in [9.17, 15) is 4.79 Å². The van der Waals surface area contributed by atoms with Crippen molar-refractivity contribution >= 4 is 44.3 Å². The maximum absolute atomic E-state index is 10.3. The molecule has 0 bridgehead atoms. The van der Waals surface area contributed by atoms with Crippen molar-refractivity contribution in [2.24, 2.45) is 0 Å². The molecular weight excluding hydrogens is 372 g/mol. The number of nitrogens with two attached hydrogens (primary N) is 1. The zero-order valence-corrected chi connectivity index (χ0v) is 14.9. The minimum Gasteiger partial charge on any atom is -0.478 e. The predicted molar refractivity (Wildman–Crippen MR) is 99.4 cm³/mol. The van der Waals surface area contributed by atoms with Gasteiger partial charge in [0.15, 0.2) is 0 Å². The van der Waals surface area contributed by atoms with Gasteiger partial charge in [0.25, 0.3) is 0 Å². The van der Waals surface area contributed by atoms with Gasteiger partial charge >= 0.3 is 5.97 Å². The molecule has 0 saturated carbocycles. The number of benzene rings is 1. The summed E-state index contributed by atoms with van der Waals surface area (Å²) in [6.45, 7) is 0. The average Bonchev–Trinajstić information content (AvgIpc) is 2.55. The Morgan fingerprint density at radius 1 is 1.21 bits per heavy atom. The Morgan fingerprint density at radius 2 is 1.92 bits per heavy atom. The molecule has 3 aromatic rings. The van der Waals surface area contributed by atoms with Crippen LogP contribution in [0, 0.1) is 0 Å². The van der Waals surface area contributed by atoms with E-state index < -0.39 is 5.97 Å². The van der Waals surface area contributed by atoms with E-state index in [4.69, 9.17) is 10.8 Å². The number of aromatic nitrogens is 2. The summed E-state index contributed by atoms with van der Waals surface area (Å²) in [7, 11) is 3.91. The monoisotopic (exact) mass is 388 g/mol. The molecule has 0 atom stereocenters. The Labute approximate surface area is 148 Å². The van der Waals surface area contributed by atoms with Crippen molar-refractivity contribution in [2.45, 2.75) is 0 Å². The SMILES string of the molecule is CN(C)c1cc(N)c2ccccc2n1.O=C(O)c1cncc(Br)c1. The number of carboxylic acid groups (broad SMARTS) is 1. The van der Waals surface area contributed by atoms with Crippen molar-refractivity contribution in [1.82, 2.24) is 9.97 Å². The third-order valence-electron chi connectivity index (χ3n) is 3.14. The smallest absolute Gasteiger partial charge is 0.337 e. The maximum atomic E-state index is 10.3. The molecule has 0 aliphatic carbocycles. The zero-order chi connectivity index (χ0) is 17.7. The largest absolute Gasteiger partial charge is 0.478 e. The van der Waals surface area contributed by atoms with Crippen molar-refractivity contribution in [3.63, 3.8) is 0 Å². The van der Waals surface area contributed by atoms with Crippen LogP contribution in [0.5, 0.6) is 0 Å². The van der Waals surface area contributed by atoms with Crippen LogP contribution in [-0.4, -0.2) is 35.1 Å². The topological polar surface area (TPSA) is 92.3 Å². The highest BCUT2D eigenvalue weighted by Gasteiger charge is 2.03. The van der Waals surface area contributed by atoms with Gasteiger partial charge in [-0.1, -0.05) is 18.2 Å². The van der Waals surface area contributed by atoms with Crippen LogP contribution in [0.25, 0.3) is 10.9 Å². The van der Waals surface area contributed by atoms with Crippen LogP contribution < -0.4 is 10.6 Å². The number of halogens is 1. The van der Waals surface area contributed by atoms with Gasteiger partial charge in [-0.15, -0.1) is 0 Å². The van der Waals surface area contributed by atoms with Crippen molar-refractivity contribution in [3.8, 4) is 0 Å². The van der Waals surface area contributed by atoms with Crippen molar-refractivity contribution < 1.29 is 9.90 Å². The molecule has 2 heterocycles. The van der Waals surface area contributed by atoms with Gasteiger partial charge in [0.2, 0.25) is 0 Å². The number of para-hydroxylation sites is 1. The molecule has 3 N–H and O–H groups in total. The second-order valence-corrected chi connectivity index (χ2v) is 6.09. The van der Waals surface area contributed by atoms with Gasteiger partial charge < -0.3 is 15.7 Å². The first-order valence-electron chi connectivity index (χ1n) is 7.05. The number of nitrogen functional groups attached to an aromatic ring is 1. The Hall–Kier alpha value is -2.67. The first kappa shape index (κ1) is 17.7. The molecule has 0 fully saturated rings. The molecule has 1 aromatic carbocycles. The summed E-state index contributed by atoms with van der Waals surface area (Å²) >= 11 is 3.10. The van der Waals surface area contributed by atoms with E-state index in [1.54, 1.807) is 0 Å². The van der Waals surface area contributed by atoms with E-state index in [2.05, 4.69) is 25.9 Å². The number of nitrogens with zero attached hydrogens (tertiary/aromatic N) is 3. The maximum Gasteiger partial charge on any atom is 0.337 e. The van der Waals surface area contributed by atoms with Crippen LogP contribution >= 0.6 is 15.9 Å². The van der Waals surface area contributed by atoms with Crippen LogP contribution in [0.2, 0.25) is 0 Å². The highest BCUT2D eigenvalue weighted by Crippen LogP contribution is 2.23. The number of fused-ring (bicyclic) bond motifs is 1. The number of aromatic carboxylic acids is 1. The van der Waals surface area contributed by atoms with Crippen molar-refractivity contribution in [3.05, 3.63) is 58.8 Å². The van der Waals surface area contributed by atoms with Gasteiger partial charge in [-0.25, -0.2) is 9.78 Å². The van der Waals surface area contributed by atoms with Crippen LogP contribution in [0.1, 0.15) is 10.4 Å². The molecule has 2 aromatic heterocycles. The fraction of sp³-hybridized carbons (Fsp3) is 0.118. The van der Waals surface area contributed by atoms with E-state index in [1.807, 2.05) is 49.3 Å². The molecule has 0 amide bonds. The summed E-state index contributed by atoms with van der Waals surface area (Å²) in [5.41, 5.74) is 7.84. The lowest BCUT2D eigenvalue weighted by molar-refractivity contribution is 0.0696. The number of pyridine rings is 2. The minimum absolute atomic E-state index is 0.189. The van der Waals surface area contributed by atoms with Gasteiger partial charge in [-0.3, -0.25) is 4.98 Å². The second-order valence-electron chi connectivity index (χ2n) is 5.18. The molecular formula is C17H17BrN4O2. The van der Waals surface area contributed by atoms with E-state index in [0.717, 1.165) is 22.4 Å². The summed E-state index contributed by atoms with van der Waals surface area (Å²) in [6, 6.07) is 11.3. The summed E-state index contributed by atoms with van der Waals surface area (Å²) in [6.07, 6.45) is 2.83.